The second-order valence-corrected chi connectivity index (χ2v) is 6.83. The van der Waals surface area contributed by atoms with Gasteiger partial charge < -0.3 is 14.9 Å². The predicted octanol–water partition coefficient (Wildman–Crippen LogP) is 3.51. The van der Waals surface area contributed by atoms with E-state index in [1.807, 2.05) is 53.9 Å². The van der Waals surface area contributed by atoms with Gasteiger partial charge in [-0.2, -0.15) is 0 Å². The molecule has 0 saturated carbocycles. The molecule has 0 fully saturated rings. The van der Waals surface area contributed by atoms with E-state index in [1.54, 1.807) is 6.92 Å². The third-order valence-electron chi connectivity index (χ3n) is 4.01. The van der Waals surface area contributed by atoms with Crippen molar-refractivity contribution < 1.29 is 9.53 Å². The molecule has 3 aromatic rings. The Bertz CT molecular complexity index is 903. The summed E-state index contributed by atoms with van der Waals surface area (Å²) in [5.74, 6) is -0.401. The fourth-order valence-electron chi connectivity index (χ4n) is 2.75. The van der Waals surface area contributed by atoms with Gasteiger partial charge in [-0.3, -0.25) is 4.79 Å². The minimum absolute atomic E-state index is 0.316. The maximum atomic E-state index is 12.0. The van der Waals surface area contributed by atoms with Crippen LogP contribution < -0.4 is 5.73 Å². The van der Waals surface area contributed by atoms with Crippen LogP contribution >= 0.6 is 15.9 Å². The highest BCUT2D eigenvalue weighted by Crippen LogP contribution is 2.27. The van der Waals surface area contributed by atoms with Crippen molar-refractivity contribution in [1.82, 2.24) is 9.38 Å². The Hall–Kier alpha value is -2.18. The average Bonchev–Trinajstić information content (AvgIpc) is 2.93. The second-order valence-electron chi connectivity index (χ2n) is 5.91. The first kappa shape index (κ1) is 17.6. The van der Waals surface area contributed by atoms with Gasteiger partial charge in [0.25, 0.3) is 0 Å². The lowest BCUT2D eigenvalue weighted by Crippen LogP contribution is -2.34. The van der Waals surface area contributed by atoms with Gasteiger partial charge >= 0.3 is 5.97 Å². The number of carbonyl (C=O) groups excluding carboxylic acids is 1. The molecule has 0 aliphatic rings. The number of nitrogens with two attached hydrogens (primary N) is 1. The largest absolute Gasteiger partial charge is 0.465 e. The summed E-state index contributed by atoms with van der Waals surface area (Å²) in [7, 11) is 0. The maximum Gasteiger partial charge on any atom is 0.323 e. The molecule has 25 heavy (non-hydrogen) atoms. The van der Waals surface area contributed by atoms with Crippen molar-refractivity contribution in [2.75, 3.05) is 6.61 Å². The molecule has 1 atom stereocenters. The van der Waals surface area contributed by atoms with Crippen molar-refractivity contribution in [3.05, 3.63) is 58.3 Å². The molecule has 2 heterocycles. The van der Waals surface area contributed by atoms with E-state index in [0.29, 0.717) is 13.0 Å². The van der Waals surface area contributed by atoms with E-state index >= 15 is 0 Å². The van der Waals surface area contributed by atoms with Gasteiger partial charge in [0.05, 0.1) is 18.0 Å². The number of esters is 1. The minimum atomic E-state index is -0.733. The Kier molecular flexibility index (Phi) is 5.20. The number of pyridine rings is 1. The topological polar surface area (TPSA) is 69.6 Å². The molecular formula is C19H20BrN3O2. The zero-order chi connectivity index (χ0) is 18.0. The van der Waals surface area contributed by atoms with Gasteiger partial charge in [0, 0.05) is 22.7 Å². The smallest absolute Gasteiger partial charge is 0.323 e. The summed E-state index contributed by atoms with van der Waals surface area (Å²) >= 11 is 3.49. The normalized spacial score (nSPS) is 12.3. The van der Waals surface area contributed by atoms with Gasteiger partial charge in [0.15, 0.2) is 0 Å². The Labute approximate surface area is 154 Å². The third-order valence-corrected chi connectivity index (χ3v) is 4.48. The van der Waals surface area contributed by atoms with Crippen LogP contribution in [0.2, 0.25) is 0 Å². The molecule has 130 valence electrons. The van der Waals surface area contributed by atoms with Crippen LogP contribution in [0.15, 0.2) is 47.1 Å². The van der Waals surface area contributed by atoms with Crippen LogP contribution in [0.1, 0.15) is 18.2 Å². The number of benzene rings is 1. The molecule has 0 saturated heterocycles. The van der Waals surface area contributed by atoms with E-state index in [1.165, 1.54) is 5.56 Å². The summed E-state index contributed by atoms with van der Waals surface area (Å²) in [5.41, 5.74) is 10.8. The highest BCUT2D eigenvalue weighted by atomic mass is 79.9. The van der Waals surface area contributed by atoms with Crippen molar-refractivity contribution >= 4 is 27.5 Å². The van der Waals surface area contributed by atoms with Crippen molar-refractivity contribution in [2.45, 2.75) is 26.3 Å². The molecule has 5 nitrogen and oxygen atoms in total. The number of rotatable bonds is 5. The standard InChI is InChI=1S/C19H20BrN3O2/c1-3-25-19(24)15(21)10-16-18(13-6-4-12(2)5-7-13)22-17-9-8-14(20)11-23(16)17/h4-9,11,15H,3,10,21H2,1-2H3. The lowest BCUT2D eigenvalue weighted by molar-refractivity contribution is -0.144. The molecule has 2 N–H and O–H groups in total. The van der Waals surface area contributed by atoms with E-state index in [0.717, 1.165) is 27.1 Å². The zero-order valence-electron chi connectivity index (χ0n) is 14.2. The van der Waals surface area contributed by atoms with Crippen LogP contribution in [0, 0.1) is 6.92 Å². The fourth-order valence-corrected chi connectivity index (χ4v) is 3.08. The zero-order valence-corrected chi connectivity index (χ0v) is 15.8. The summed E-state index contributed by atoms with van der Waals surface area (Å²) < 4.78 is 7.95. The number of halogens is 1. The number of carbonyl (C=O) groups is 1. The highest BCUT2D eigenvalue weighted by Gasteiger charge is 2.21. The maximum absolute atomic E-state index is 12.0. The number of aryl methyl sites for hydroxylation is 1. The van der Waals surface area contributed by atoms with Crippen LogP contribution in [0.5, 0.6) is 0 Å². The van der Waals surface area contributed by atoms with Gasteiger partial charge in [-0.15, -0.1) is 0 Å². The Morgan fingerprint density at radius 3 is 2.68 bits per heavy atom. The Morgan fingerprint density at radius 2 is 2.00 bits per heavy atom. The van der Waals surface area contributed by atoms with Gasteiger partial charge in [0.2, 0.25) is 0 Å². The van der Waals surface area contributed by atoms with E-state index in [-0.39, 0.29) is 0 Å². The molecule has 0 radical (unpaired) electrons. The van der Waals surface area contributed by atoms with Crippen LogP contribution in [0.3, 0.4) is 0 Å². The molecule has 0 amide bonds. The van der Waals surface area contributed by atoms with E-state index < -0.39 is 12.0 Å². The quantitative estimate of drug-likeness (QED) is 0.664. The summed E-state index contributed by atoms with van der Waals surface area (Å²) in [6, 6.07) is 11.3. The number of hydrogen-bond donors (Lipinski definition) is 1. The molecule has 6 heteroatoms. The molecule has 0 aliphatic carbocycles. The van der Waals surface area contributed by atoms with Crippen molar-refractivity contribution in [3.8, 4) is 11.3 Å². The first-order chi connectivity index (χ1) is 12.0. The summed E-state index contributed by atoms with van der Waals surface area (Å²) in [6.07, 6.45) is 2.28. The van der Waals surface area contributed by atoms with Gasteiger partial charge in [-0.1, -0.05) is 29.8 Å². The average molecular weight is 402 g/mol. The lowest BCUT2D eigenvalue weighted by Gasteiger charge is -2.12. The highest BCUT2D eigenvalue weighted by molar-refractivity contribution is 9.10. The first-order valence-corrected chi connectivity index (χ1v) is 8.94. The number of aromatic nitrogens is 2. The van der Waals surface area contributed by atoms with Crippen LogP contribution in [-0.4, -0.2) is 28.0 Å². The van der Waals surface area contributed by atoms with Crippen molar-refractivity contribution in [2.24, 2.45) is 5.73 Å². The molecule has 0 spiro atoms. The molecule has 1 unspecified atom stereocenters. The first-order valence-electron chi connectivity index (χ1n) is 8.15. The van der Waals surface area contributed by atoms with Gasteiger partial charge in [0.1, 0.15) is 11.7 Å². The predicted molar refractivity (Wildman–Crippen MR) is 101 cm³/mol. The number of fused-ring (bicyclic) bond motifs is 1. The SMILES string of the molecule is CCOC(=O)C(N)Cc1c(-c2ccc(C)cc2)nc2ccc(Br)cn12. The summed E-state index contributed by atoms with van der Waals surface area (Å²) in [6.45, 7) is 4.13. The number of hydrogen-bond acceptors (Lipinski definition) is 4. The van der Waals surface area contributed by atoms with Crippen LogP contribution in [0.25, 0.3) is 16.9 Å². The van der Waals surface area contributed by atoms with Gasteiger partial charge in [-0.25, -0.2) is 4.98 Å². The number of nitrogens with zero attached hydrogens (tertiary/aromatic N) is 2. The minimum Gasteiger partial charge on any atom is -0.465 e. The second kappa shape index (κ2) is 7.37. The van der Waals surface area contributed by atoms with E-state index in [4.69, 9.17) is 15.5 Å². The number of imidazole rings is 1. The van der Waals surface area contributed by atoms with E-state index in [9.17, 15) is 4.79 Å². The molecule has 3 rings (SSSR count). The molecule has 0 bridgehead atoms. The number of ether oxygens (including phenoxy) is 1. The monoisotopic (exact) mass is 401 g/mol. The molecule has 1 aromatic carbocycles. The van der Waals surface area contributed by atoms with Crippen molar-refractivity contribution in [3.63, 3.8) is 0 Å². The van der Waals surface area contributed by atoms with E-state index in [2.05, 4.69) is 15.9 Å². The van der Waals surface area contributed by atoms with Crippen molar-refractivity contribution in [1.29, 1.82) is 0 Å². The van der Waals surface area contributed by atoms with Gasteiger partial charge in [-0.05, 0) is 41.9 Å². The molecule has 2 aromatic heterocycles. The third kappa shape index (κ3) is 3.75. The van der Waals surface area contributed by atoms with Crippen LogP contribution in [-0.2, 0) is 16.0 Å². The summed E-state index contributed by atoms with van der Waals surface area (Å²) in [4.78, 5) is 16.7. The summed E-state index contributed by atoms with van der Waals surface area (Å²) in [5, 5.41) is 0. The molecule has 0 aliphatic heterocycles. The lowest BCUT2D eigenvalue weighted by atomic mass is 10.0. The fraction of sp³-hybridized carbons (Fsp3) is 0.263. The van der Waals surface area contributed by atoms with Crippen LogP contribution in [0.4, 0.5) is 0 Å². The Morgan fingerprint density at radius 1 is 1.28 bits per heavy atom. The molecular weight excluding hydrogens is 382 g/mol. The Balaban J connectivity index is 2.09.